The zero-order valence-corrected chi connectivity index (χ0v) is 14.2. The zero-order chi connectivity index (χ0) is 15.6. The van der Waals surface area contributed by atoms with E-state index in [0.717, 1.165) is 19.3 Å². The minimum atomic E-state index is -3.43. The van der Waals surface area contributed by atoms with Gasteiger partial charge in [-0.15, -0.1) is 0 Å². The van der Waals surface area contributed by atoms with E-state index in [4.69, 9.17) is 0 Å². The van der Waals surface area contributed by atoms with Crippen molar-refractivity contribution < 1.29 is 8.42 Å². The molecule has 5 rings (SSSR count). The maximum absolute atomic E-state index is 12.8. The van der Waals surface area contributed by atoms with Crippen LogP contribution >= 0.6 is 0 Å². The highest BCUT2D eigenvalue weighted by Crippen LogP contribution is 2.66. The predicted octanol–water partition coefficient (Wildman–Crippen LogP) is 3.71. The first-order valence-electron chi connectivity index (χ1n) is 8.31. The Bertz CT molecular complexity index is 679. The van der Waals surface area contributed by atoms with E-state index in [0.29, 0.717) is 21.6 Å². The average Bonchev–Trinajstić information content (AvgIpc) is 2.34. The Balaban J connectivity index is 1.68. The quantitative estimate of drug-likeness (QED) is 0.923. The Kier molecular flexibility index (Phi) is 2.91. The molecular formula is C18H25NO2S. The van der Waals surface area contributed by atoms with Gasteiger partial charge in [0.05, 0.1) is 4.90 Å². The van der Waals surface area contributed by atoms with Crippen LogP contribution in [0.25, 0.3) is 0 Å². The van der Waals surface area contributed by atoms with Gasteiger partial charge in [0, 0.05) is 5.54 Å². The normalized spacial score (nSPS) is 43.5. The summed E-state index contributed by atoms with van der Waals surface area (Å²) in [6.45, 7) is 4.72. The van der Waals surface area contributed by atoms with Gasteiger partial charge < -0.3 is 0 Å². The molecule has 0 aliphatic heterocycles. The molecule has 3 nitrogen and oxygen atoms in total. The molecule has 0 spiro atoms. The van der Waals surface area contributed by atoms with Gasteiger partial charge in [0.25, 0.3) is 0 Å². The van der Waals surface area contributed by atoms with Gasteiger partial charge in [-0.05, 0) is 67.4 Å². The van der Waals surface area contributed by atoms with Crippen molar-refractivity contribution in [1.82, 2.24) is 4.72 Å². The summed E-state index contributed by atoms with van der Waals surface area (Å²) in [5.74, 6) is 0.685. The Hall–Kier alpha value is -0.870. The van der Waals surface area contributed by atoms with Gasteiger partial charge in [0.2, 0.25) is 10.0 Å². The lowest BCUT2D eigenvalue weighted by Gasteiger charge is -2.65. The van der Waals surface area contributed by atoms with E-state index >= 15 is 0 Å². The third-order valence-electron chi connectivity index (χ3n) is 6.03. The second-order valence-electron chi connectivity index (χ2n) is 8.83. The van der Waals surface area contributed by atoms with Gasteiger partial charge in [-0.1, -0.05) is 32.0 Å². The van der Waals surface area contributed by atoms with Gasteiger partial charge in [0.1, 0.15) is 0 Å². The van der Waals surface area contributed by atoms with Crippen molar-refractivity contribution in [2.75, 3.05) is 0 Å². The number of hydrogen-bond acceptors (Lipinski definition) is 2. The lowest BCUT2D eigenvalue weighted by atomic mass is 9.43. The molecule has 4 heteroatoms. The molecule has 2 unspecified atom stereocenters. The van der Waals surface area contributed by atoms with E-state index in [9.17, 15) is 8.42 Å². The molecule has 1 N–H and O–H groups in total. The minimum Gasteiger partial charge on any atom is -0.207 e. The van der Waals surface area contributed by atoms with Crippen LogP contribution in [0.5, 0.6) is 0 Å². The summed E-state index contributed by atoms with van der Waals surface area (Å²) >= 11 is 0. The number of hydrogen-bond donors (Lipinski definition) is 1. The molecule has 0 heterocycles. The van der Waals surface area contributed by atoms with Gasteiger partial charge >= 0.3 is 0 Å². The molecule has 1 aromatic carbocycles. The number of benzene rings is 1. The second-order valence-corrected chi connectivity index (χ2v) is 10.5. The third kappa shape index (κ3) is 2.31. The second kappa shape index (κ2) is 4.35. The smallest absolute Gasteiger partial charge is 0.207 e. The van der Waals surface area contributed by atoms with Crippen molar-refractivity contribution in [2.24, 2.45) is 16.7 Å². The van der Waals surface area contributed by atoms with Crippen LogP contribution in [0.3, 0.4) is 0 Å². The molecule has 4 aliphatic carbocycles. The van der Waals surface area contributed by atoms with Crippen LogP contribution in [-0.2, 0) is 10.0 Å². The number of nitrogens with one attached hydrogen (secondary N) is 1. The fourth-order valence-corrected chi connectivity index (χ4v) is 7.94. The van der Waals surface area contributed by atoms with Crippen LogP contribution in [0.4, 0.5) is 0 Å². The van der Waals surface area contributed by atoms with Crippen molar-refractivity contribution in [2.45, 2.75) is 62.8 Å². The van der Waals surface area contributed by atoms with Gasteiger partial charge in [-0.3, -0.25) is 0 Å². The SMILES string of the molecule is CC12CC3CC(C)(C1)CC(NS(=O)(=O)c1ccccc1)(C3)C2. The average molecular weight is 319 g/mol. The van der Waals surface area contributed by atoms with Crippen molar-refractivity contribution in [3.8, 4) is 0 Å². The van der Waals surface area contributed by atoms with E-state index in [1.165, 1.54) is 19.3 Å². The van der Waals surface area contributed by atoms with Crippen LogP contribution in [0.15, 0.2) is 35.2 Å². The molecule has 4 aliphatic rings. The molecular weight excluding hydrogens is 294 g/mol. The van der Waals surface area contributed by atoms with Crippen LogP contribution in [0.1, 0.15) is 52.4 Å². The van der Waals surface area contributed by atoms with Crippen LogP contribution < -0.4 is 4.72 Å². The largest absolute Gasteiger partial charge is 0.241 e. The third-order valence-corrected chi connectivity index (χ3v) is 7.63. The monoisotopic (exact) mass is 319 g/mol. The molecule has 120 valence electrons. The molecule has 4 fully saturated rings. The summed E-state index contributed by atoms with van der Waals surface area (Å²) in [5, 5.41) is 0. The molecule has 2 atom stereocenters. The molecule has 0 amide bonds. The van der Waals surface area contributed by atoms with E-state index in [1.807, 2.05) is 6.07 Å². The molecule has 22 heavy (non-hydrogen) atoms. The van der Waals surface area contributed by atoms with Gasteiger partial charge in [-0.25, -0.2) is 13.1 Å². The lowest BCUT2D eigenvalue weighted by Crippen LogP contribution is -2.65. The minimum absolute atomic E-state index is 0.225. The highest BCUT2D eigenvalue weighted by Gasteiger charge is 2.61. The maximum Gasteiger partial charge on any atom is 0.241 e. The van der Waals surface area contributed by atoms with Gasteiger partial charge in [0.15, 0.2) is 0 Å². The first-order valence-corrected chi connectivity index (χ1v) is 9.79. The van der Waals surface area contributed by atoms with Crippen molar-refractivity contribution in [3.63, 3.8) is 0 Å². The van der Waals surface area contributed by atoms with Crippen molar-refractivity contribution in [3.05, 3.63) is 30.3 Å². The first-order chi connectivity index (χ1) is 10.2. The highest BCUT2D eigenvalue weighted by molar-refractivity contribution is 7.89. The summed E-state index contributed by atoms with van der Waals surface area (Å²) in [6, 6.07) is 8.80. The summed E-state index contributed by atoms with van der Waals surface area (Å²) in [4.78, 5) is 0.390. The molecule has 4 bridgehead atoms. The van der Waals surface area contributed by atoms with Crippen molar-refractivity contribution >= 4 is 10.0 Å². The standard InChI is InChI=1S/C18H25NO2S/c1-16-8-14-9-17(2,11-16)13-18(10-14,12-16)19-22(20,21)15-6-4-3-5-7-15/h3-7,14,19H,8-13H2,1-2H3. The number of rotatable bonds is 3. The Morgan fingerprint density at radius 3 is 2.09 bits per heavy atom. The Morgan fingerprint density at radius 1 is 0.955 bits per heavy atom. The summed E-state index contributed by atoms with van der Waals surface area (Å²) in [6.07, 6.45) is 6.82. The van der Waals surface area contributed by atoms with Gasteiger partial charge in [-0.2, -0.15) is 0 Å². The predicted molar refractivity (Wildman–Crippen MR) is 86.9 cm³/mol. The molecule has 0 saturated heterocycles. The Morgan fingerprint density at radius 2 is 1.55 bits per heavy atom. The maximum atomic E-state index is 12.8. The van der Waals surface area contributed by atoms with E-state index < -0.39 is 10.0 Å². The zero-order valence-electron chi connectivity index (χ0n) is 13.4. The van der Waals surface area contributed by atoms with E-state index in [-0.39, 0.29) is 5.54 Å². The topological polar surface area (TPSA) is 46.2 Å². The summed E-state index contributed by atoms with van der Waals surface area (Å²) in [5.41, 5.74) is 0.401. The van der Waals surface area contributed by atoms with Crippen LogP contribution in [0.2, 0.25) is 0 Å². The number of sulfonamides is 1. The lowest BCUT2D eigenvalue weighted by molar-refractivity contribution is -0.110. The van der Waals surface area contributed by atoms with Crippen LogP contribution in [-0.4, -0.2) is 14.0 Å². The fraction of sp³-hybridized carbons (Fsp3) is 0.667. The first kappa shape index (κ1) is 14.7. The molecule has 1 aromatic rings. The van der Waals surface area contributed by atoms with Crippen molar-refractivity contribution in [1.29, 1.82) is 0 Å². The molecule has 4 saturated carbocycles. The van der Waals surface area contributed by atoms with E-state index in [2.05, 4.69) is 18.6 Å². The summed E-state index contributed by atoms with van der Waals surface area (Å²) in [7, 11) is -3.43. The fourth-order valence-electron chi connectivity index (χ4n) is 6.51. The van der Waals surface area contributed by atoms with E-state index in [1.54, 1.807) is 24.3 Å². The highest BCUT2D eigenvalue weighted by atomic mass is 32.2. The van der Waals surface area contributed by atoms with Crippen LogP contribution in [0, 0.1) is 16.7 Å². The Labute approximate surface area is 133 Å². The molecule has 0 radical (unpaired) electrons. The molecule has 0 aromatic heterocycles. The summed E-state index contributed by atoms with van der Waals surface area (Å²) < 4.78 is 28.8.